The van der Waals surface area contributed by atoms with E-state index in [-0.39, 0.29) is 5.57 Å². The van der Waals surface area contributed by atoms with Crippen molar-refractivity contribution < 1.29 is 19.1 Å². The molecule has 27 heavy (non-hydrogen) atoms. The Bertz CT molecular complexity index is 962. The predicted octanol–water partition coefficient (Wildman–Crippen LogP) is 3.37. The van der Waals surface area contributed by atoms with Crippen LogP contribution in [-0.4, -0.2) is 24.5 Å². The molecule has 2 aromatic rings. The van der Waals surface area contributed by atoms with Gasteiger partial charge >= 0.3 is 6.03 Å². The standard InChI is InChI=1S/C21H20N2O4/c1-4-27-18-8-6-5-7-15(18)12-16-19(24)22-21(26)23(20(16)25)17-11-13(2)9-10-14(17)3/h5-12H,4H2,1-3H3,(H,22,24,26)/b16-12+. The van der Waals surface area contributed by atoms with Crippen molar-refractivity contribution in [1.29, 1.82) is 0 Å². The van der Waals surface area contributed by atoms with Gasteiger partial charge in [0.15, 0.2) is 0 Å². The van der Waals surface area contributed by atoms with Gasteiger partial charge in [-0.15, -0.1) is 0 Å². The minimum atomic E-state index is -0.756. The van der Waals surface area contributed by atoms with Crippen molar-refractivity contribution in [2.24, 2.45) is 0 Å². The molecule has 0 saturated carbocycles. The molecule has 1 N–H and O–H groups in total. The number of barbiturate groups is 1. The first-order chi connectivity index (χ1) is 12.9. The SMILES string of the molecule is CCOc1ccccc1/C=C1\C(=O)NC(=O)N(c2cc(C)ccc2C)C1=O. The summed E-state index contributed by atoms with van der Waals surface area (Å²) in [5.41, 5.74) is 2.58. The van der Waals surface area contributed by atoms with Crippen LogP contribution >= 0.6 is 0 Å². The van der Waals surface area contributed by atoms with Crippen molar-refractivity contribution in [1.82, 2.24) is 5.32 Å². The lowest BCUT2D eigenvalue weighted by Gasteiger charge is -2.28. The van der Waals surface area contributed by atoms with E-state index in [1.165, 1.54) is 6.08 Å². The van der Waals surface area contributed by atoms with Gasteiger partial charge in [-0.25, -0.2) is 9.69 Å². The number of imide groups is 2. The number of amides is 4. The van der Waals surface area contributed by atoms with Gasteiger partial charge in [0.05, 0.1) is 12.3 Å². The third kappa shape index (κ3) is 3.60. The fraction of sp³-hybridized carbons (Fsp3) is 0.190. The Balaban J connectivity index is 2.07. The van der Waals surface area contributed by atoms with Gasteiger partial charge in [0.1, 0.15) is 11.3 Å². The average molecular weight is 364 g/mol. The summed E-state index contributed by atoms with van der Waals surface area (Å²) in [6.07, 6.45) is 1.45. The number of rotatable bonds is 4. The maximum atomic E-state index is 13.0. The van der Waals surface area contributed by atoms with Crippen LogP contribution in [-0.2, 0) is 9.59 Å². The second-order valence-corrected chi connectivity index (χ2v) is 6.22. The van der Waals surface area contributed by atoms with Gasteiger partial charge < -0.3 is 4.74 Å². The highest BCUT2D eigenvalue weighted by Gasteiger charge is 2.37. The average Bonchev–Trinajstić information content (AvgIpc) is 2.63. The zero-order valence-electron chi connectivity index (χ0n) is 15.4. The molecule has 6 heteroatoms. The van der Waals surface area contributed by atoms with E-state index in [0.29, 0.717) is 23.6 Å². The van der Waals surface area contributed by atoms with Crippen molar-refractivity contribution in [3.63, 3.8) is 0 Å². The molecule has 0 bridgehead atoms. The van der Waals surface area contributed by atoms with Crippen molar-refractivity contribution in [3.05, 3.63) is 64.7 Å². The second-order valence-electron chi connectivity index (χ2n) is 6.22. The summed E-state index contributed by atoms with van der Waals surface area (Å²) < 4.78 is 5.55. The molecular formula is C21H20N2O4. The first kappa shape index (κ1) is 18.4. The van der Waals surface area contributed by atoms with Gasteiger partial charge in [-0.3, -0.25) is 14.9 Å². The highest BCUT2D eigenvalue weighted by atomic mass is 16.5. The number of hydrogen-bond acceptors (Lipinski definition) is 4. The molecule has 0 atom stereocenters. The Morgan fingerprint density at radius 2 is 1.81 bits per heavy atom. The smallest absolute Gasteiger partial charge is 0.335 e. The van der Waals surface area contributed by atoms with Gasteiger partial charge in [-0.05, 0) is 50.1 Å². The number of nitrogens with one attached hydrogen (secondary N) is 1. The molecule has 1 aliphatic rings. The Morgan fingerprint density at radius 3 is 2.56 bits per heavy atom. The van der Waals surface area contributed by atoms with Gasteiger partial charge in [0, 0.05) is 5.56 Å². The molecule has 1 fully saturated rings. The molecule has 0 radical (unpaired) electrons. The van der Waals surface area contributed by atoms with E-state index >= 15 is 0 Å². The quantitative estimate of drug-likeness (QED) is 0.667. The molecule has 0 aliphatic carbocycles. The van der Waals surface area contributed by atoms with Crippen molar-refractivity contribution in [2.75, 3.05) is 11.5 Å². The van der Waals surface area contributed by atoms with Crippen molar-refractivity contribution >= 4 is 29.6 Å². The van der Waals surface area contributed by atoms with Gasteiger partial charge in [-0.2, -0.15) is 0 Å². The van der Waals surface area contributed by atoms with Gasteiger partial charge in [0.2, 0.25) is 0 Å². The lowest BCUT2D eigenvalue weighted by Crippen LogP contribution is -2.54. The fourth-order valence-corrected chi connectivity index (χ4v) is 2.88. The Morgan fingerprint density at radius 1 is 1.07 bits per heavy atom. The molecular weight excluding hydrogens is 344 g/mol. The minimum absolute atomic E-state index is 0.123. The van der Waals surface area contributed by atoms with E-state index in [1.807, 2.05) is 32.0 Å². The van der Waals surface area contributed by atoms with E-state index in [4.69, 9.17) is 4.74 Å². The van der Waals surface area contributed by atoms with Crippen LogP contribution in [0.1, 0.15) is 23.6 Å². The minimum Gasteiger partial charge on any atom is -0.493 e. The van der Waals surface area contributed by atoms with Crippen LogP contribution in [0.5, 0.6) is 5.75 Å². The number of aryl methyl sites for hydroxylation is 2. The lowest BCUT2D eigenvalue weighted by atomic mass is 10.0. The molecule has 3 rings (SSSR count). The first-order valence-corrected chi connectivity index (χ1v) is 8.63. The molecule has 4 amide bonds. The highest BCUT2D eigenvalue weighted by Crippen LogP contribution is 2.28. The van der Waals surface area contributed by atoms with Crippen LogP contribution in [0.25, 0.3) is 6.08 Å². The number of para-hydroxylation sites is 1. The van der Waals surface area contributed by atoms with Crippen LogP contribution < -0.4 is 15.0 Å². The van der Waals surface area contributed by atoms with Crippen molar-refractivity contribution in [2.45, 2.75) is 20.8 Å². The summed E-state index contributed by atoms with van der Waals surface area (Å²) in [4.78, 5) is 38.7. The number of carbonyl (C=O) groups excluding carboxylic acids is 3. The Kier molecular flexibility index (Phi) is 5.07. The molecule has 2 aromatic carbocycles. The predicted molar refractivity (Wildman–Crippen MR) is 103 cm³/mol. The summed E-state index contributed by atoms with van der Waals surface area (Å²) in [6, 6.07) is 11.8. The van der Waals surface area contributed by atoms with Gasteiger partial charge in [-0.1, -0.05) is 30.3 Å². The topological polar surface area (TPSA) is 75.7 Å². The summed E-state index contributed by atoms with van der Waals surface area (Å²) in [7, 11) is 0. The Labute approximate surface area is 157 Å². The van der Waals surface area contributed by atoms with Crippen LogP contribution in [0, 0.1) is 13.8 Å². The fourth-order valence-electron chi connectivity index (χ4n) is 2.88. The van der Waals surface area contributed by atoms with E-state index in [0.717, 1.165) is 16.0 Å². The number of nitrogens with zero attached hydrogens (tertiary/aromatic N) is 1. The third-order valence-electron chi connectivity index (χ3n) is 4.23. The number of urea groups is 1. The number of anilines is 1. The highest BCUT2D eigenvalue weighted by molar-refractivity contribution is 6.39. The summed E-state index contributed by atoms with van der Waals surface area (Å²) in [6.45, 7) is 5.98. The first-order valence-electron chi connectivity index (χ1n) is 8.63. The molecule has 1 saturated heterocycles. The van der Waals surface area contributed by atoms with Crippen LogP contribution in [0.2, 0.25) is 0 Å². The van der Waals surface area contributed by atoms with E-state index in [1.54, 1.807) is 31.2 Å². The number of benzene rings is 2. The monoisotopic (exact) mass is 364 g/mol. The maximum Gasteiger partial charge on any atom is 0.335 e. The van der Waals surface area contributed by atoms with Crippen LogP contribution in [0.4, 0.5) is 10.5 Å². The molecule has 138 valence electrons. The lowest BCUT2D eigenvalue weighted by molar-refractivity contribution is -0.122. The largest absolute Gasteiger partial charge is 0.493 e. The van der Waals surface area contributed by atoms with Crippen LogP contribution in [0.15, 0.2) is 48.0 Å². The zero-order valence-corrected chi connectivity index (χ0v) is 15.4. The molecule has 0 aromatic heterocycles. The molecule has 6 nitrogen and oxygen atoms in total. The summed E-state index contributed by atoms with van der Waals surface area (Å²) in [5, 5.41) is 2.24. The zero-order chi connectivity index (χ0) is 19.6. The number of ether oxygens (including phenoxy) is 1. The van der Waals surface area contributed by atoms with Gasteiger partial charge in [0.25, 0.3) is 11.8 Å². The third-order valence-corrected chi connectivity index (χ3v) is 4.23. The maximum absolute atomic E-state index is 13.0. The number of carbonyl (C=O) groups is 3. The Hall–Kier alpha value is -3.41. The second kappa shape index (κ2) is 7.45. The van der Waals surface area contributed by atoms with E-state index in [9.17, 15) is 14.4 Å². The van der Waals surface area contributed by atoms with Crippen LogP contribution in [0.3, 0.4) is 0 Å². The van der Waals surface area contributed by atoms with E-state index in [2.05, 4.69) is 5.32 Å². The summed E-state index contributed by atoms with van der Waals surface area (Å²) in [5.74, 6) is -0.829. The normalized spacial score (nSPS) is 15.9. The number of hydrogen-bond donors (Lipinski definition) is 1. The molecule has 1 aliphatic heterocycles. The van der Waals surface area contributed by atoms with Crippen molar-refractivity contribution in [3.8, 4) is 5.75 Å². The molecule has 1 heterocycles. The van der Waals surface area contributed by atoms with E-state index < -0.39 is 17.8 Å². The molecule has 0 unspecified atom stereocenters. The summed E-state index contributed by atoms with van der Waals surface area (Å²) >= 11 is 0. The molecule has 0 spiro atoms.